The highest BCUT2D eigenvalue weighted by molar-refractivity contribution is 8.00. The third kappa shape index (κ3) is 4.73. The van der Waals surface area contributed by atoms with Crippen molar-refractivity contribution < 1.29 is 9.26 Å². The molecule has 0 unspecified atom stereocenters. The van der Waals surface area contributed by atoms with Crippen LogP contribution in [0.1, 0.15) is 10.6 Å². The van der Waals surface area contributed by atoms with Crippen LogP contribution < -0.4 is 10.1 Å². The van der Waals surface area contributed by atoms with E-state index in [4.69, 9.17) is 9.26 Å². The third-order valence-corrected chi connectivity index (χ3v) is 6.89. The molecule has 0 amide bonds. The minimum Gasteiger partial charge on any atom is -0.496 e. The molecule has 4 rings (SSSR count). The van der Waals surface area contributed by atoms with E-state index in [1.807, 2.05) is 30.3 Å². The first-order valence-corrected chi connectivity index (χ1v) is 11.3. The van der Waals surface area contributed by atoms with Crippen molar-refractivity contribution >= 4 is 39.6 Å². The van der Waals surface area contributed by atoms with E-state index in [1.165, 1.54) is 4.88 Å². The number of anilines is 1. The van der Waals surface area contributed by atoms with Gasteiger partial charge in [0, 0.05) is 23.1 Å². The van der Waals surface area contributed by atoms with Crippen molar-refractivity contribution in [1.82, 2.24) is 15.4 Å². The Bertz CT molecular complexity index is 1010. The maximum atomic E-state index is 5.47. The Labute approximate surface area is 175 Å². The number of hydrogen-bond acceptors (Lipinski definition) is 9. The van der Waals surface area contributed by atoms with Crippen LogP contribution in [0.25, 0.3) is 11.3 Å². The number of nitrogens with zero attached hydrogens (tertiary/aromatic N) is 3. The van der Waals surface area contributed by atoms with Crippen LogP contribution >= 0.6 is 34.4 Å². The SMILES string of the molecule is COc1ccccc1-c1cc(CSc2nnc(NCCc3cccs3)s2)on1. The zero-order valence-corrected chi connectivity index (χ0v) is 17.6. The molecule has 0 atom stereocenters. The second-order valence-electron chi connectivity index (χ2n) is 5.80. The van der Waals surface area contributed by atoms with Crippen molar-refractivity contribution in [3.63, 3.8) is 0 Å². The van der Waals surface area contributed by atoms with Crippen LogP contribution in [0.15, 0.2) is 56.7 Å². The summed E-state index contributed by atoms with van der Waals surface area (Å²) < 4.78 is 11.8. The van der Waals surface area contributed by atoms with Gasteiger partial charge in [0.15, 0.2) is 4.34 Å². The normalized spacial score (nSPS) is 10.9. The van der Waals surface area contributed by atoms with Gasteiger partial charge in [-0.15, -0.1) is 21.5 Å². The lowest BCUT2D eigenvalue weighted by Crippen LogP contribution is -2.03. The summed E-state index contributed by atoms with van der Waals surface area (Å²) in [5.41, 5.74) is 1.68. The van der Waals surface area contributed by atoms with Gasteiger partial charge in [-0.3, -0.25) is 0 Å². The number of benzene rings is 1. The summed E-state index contributed by atoms with van der Waals surface area (Å²) in [6.45, 7) is 0.851. The maximum absolute atomic E-state index is 5.47. The molecule has 0 aliphatic carbocycles. The van der Waals surface area contributed by atoms with Gasteiger partial charge in [0.25, 0.3) is 0 Å². The molecule has 0 radical (unpaired) electrons. The number of aromatic nitrogens is 3. The Morgan fingerprint density at radius 2 is 2.11 bits per heavy atom. The Balaban J connectivity index is 1.30. The molecule has 3 aromatic heterocycles. The molecule has 0 saturated carbocycles. The number of nitrogens with one attached hydrogen (secondary N) is 1. The minimum atomic E-state index is 0.645. The molecule has 0 aliphatic rings. The van der Waals surface area contributed by atoms with Gasteiger partial charge in [-0.2, -0.15) is 0 Å². The number of methoxy groups -OCH3 is 1. The predicted octanol–water partition coefficient (Wildman–Crippen LogP) is 5.21. The van der Waals surface area contributed by atoms with Crippen LogP contribution in [0, 0.1) is 0 Å². The van der Waals surface area contributed by atoms with Gasteiger partial charge in [0.1, 0.15) is 17.2 Å². The third-order valence-electron chi connectivity index (χ3n) is 3.91. The van der Waals surface area contributed by atoms with Gasteiger partial charge >= 0.3 is 0 Å². The number of thioether (sulfide) groups is 1. The van der Waals surface area contributed by atoms with E-state index in [1.54, 1.807) is 41.5 Å². The van der Waals surface area contributed by atoms with Crippen molar-refractivity contribution in [2.45, 2.75) is 16.5 Å². The van der Waals surface area contributed by atoms with E-state index in [0.29, 0.717) is 5.75 Å². The molecule has 0 aliphatic heterocycles. The van der Waals surface area contributed by atoms with E-state index in [-0.39, 0.29) is 0 Å². The fraction of sp³-hybridized carbons (Fsp3) is 0.211. The van der Waals surface area contributed by atoms with E-state index in [9.17, 15) is 0 Å². The second kappa shape index (κ2) is 9.22. The first-order valence-electron chi connectivity index (χ1n) is 8.63. The zero-order valence-electron chi connectivity index (χ0n) is 15.1. The van der Waals surface area contributed by atoms with Crippen molar-refractivity contribution in [1.29, 1.82) is 0 Å². The first-order chi connectivity index (χ1) is 13.8. The topological polar surface area (TPSA) is 73.1 Å². The molecule has 0 spiro atoms. The van der Waals surface area contributed by atoms with Gasteiger partial charge in [-0.05, 0) is 30.0 Å². The molecule has 0 fully saturated rings. The summed E-state index contributed by atoms with van der Waals surface area (Å²) in [5, 5.41) is 18.9. The van der Waals surface area contributed by atoms with E-state index in [2.05, 4.69) is 38.2 Å². The second-order valence-corrected chi connectivity index (χ2v) is 9.03. The van der Waals surface area contributed by atoms with Gasteiger partial charge in [0.2, 0.25) is 5.13 Å². The summed E-state index contributed by atoms with van der Waals surface area (Å²) in [7, 11) is 1.65. The van der Waals surface area contributed by atoms with E-state index >= 15 is 0 Å². The van der Waals surface area contributed by atoms with Crippen LogP contribution in [0.2, 0.25) is 0 Å². The lowest BCUT2D eigenvalue weighted by molar-refractivity contribution is 0.395. The zero-order chi connectivity index (χ0) is 19.2. The summed E-state index contributed by atoms with van der Waals surface area (Å²) >= 11 is 4.91. The summed E-state index contributed by atoms with van der Waals surface area (Å²) in [6.07, 6.45) is 0.990. The average molecular weight is 431 g/mol. The highest BCUT2D eigenvalue weighted by Gasteiger charge is 2.12. The highest BCUT2D eigenvalue weighted by atomic mass is 32.2. The Morgan fingerprint density at radius 1 is 1.18 bits per heavy atom. The molecule has 1 aromatic carbocycles. The van der Waals surface area contributed by atoms with Crippen molar-refractivity contribution in [3.05, 3.63) is 58.5 Å². The average Bonchev–Trinajstić information content (AvgIpc) is 3.48. The van der Waals surface area contributed by atoms with Crippen LogP contribution in [-0.2, 0) is 12.2 Å². The number of ether oxygens (including phenoxy) is 1. The molecular formula is C19H18N4O2S3. The molecule has 1 N–H and O–H groups in total. The molecule has 4 aromatic rings. The largest absolute Gasteiger partial charge is 0.496 e. The number of thiophene rings is 1. The smallest absolute Gasteiger partial charge is 0.206 e. The molecular weight excluding hydrogens is 412 g/mol. The highest BCUT2D eigenvalue weighted by Crippen LogP contribution is 2.32. The van der Waals surface area contributed by atoms with Gasteiger partial charge < -0.3 is 14.6 Å². The van der Waals surface area contributed by atoms with Gasteiger partial charge in [-0.1, -0.05) is 46.5 Å². The summed E-state index contributed by atoms with van der Waals surface area (Å²) in [6, 6.07) is 13.9. The number of rotatable bonds is 9. The number of hydrogen-bond donors (Lipinski definition) is 1. The Morgan fingerprint density at radius 3 is 2.96 bits per heavy atom. The fourth-order valence-electron chi connectivity index (χ4n) is 2.58. The molecule has 0 bridgehead atoms. The van der Waals surface area contributed by atoms with Gasteiger partial charge in [0.05, 0.1) is 12.9 Å². The van der Waals surface area contributed by atoms with E-state index < -0.39 is 0 Å². The quantitative estimate of drug-likeness (QED) is 0.365. The van der Waals surface area contributed by atoms with Crippen molar-refractivity contribution in [2.75, 3.05) is 19.0 Å². The molecule has 3 heterocycles. The van der Waals surface area contributed by atoms with Crippen LogP contribution in [-0.4, -0.2) is 29.0 Å². The summed E-state index contributed by atoms with van der Waals surface area (Å²) in [5.74, 6) is 2.21. The van der Waals surface area contributed by atoms with E-state index in [0.717, 1.165) is 45.2 Å². The standard InChI is InChI=1S/C19H18N4O2S3/c1-24-17-7-3-2-6-15(17)16-11-13(25-23-16)12-27-19-22-21-18(28-19)20-9-8-14-5-4-10-26-14/h2-7,10-11H,8-9,12H2,1H3,(H,20,21). The monoisotopic (exact) mass is 430 g/mol. The van der Waals surface area contributed by atoms with Crippen LogP contribution in [0.3, 0.4) is 0 Å². The fourth-order valence-corrected chi connectivity index (χ4v) is 4.95. The molecule has 9 heteroatoms. The summed E-state index contributed by atoms with van der Waals surface area (Å²) in [4.78, 5) is 1.36. The number of para-hydroxylation sites is 1. The Hall–Kier alpha value is -2.36. The predicted molar refractivity (Wildman–Crippen MR) is 114 cm³/mol. The minimum absolute atomic E-state index is 0.645. The molecule has 144 valence electrons. The Kier molecular flexibility index (Phi) is 6.25. The van der Waals surface area contributed by atoms with Gasteiger partial charge in [-0.25, -0.2) is 0 Å². The molecule has 0 saturated heterocycles. The lowest BCUT2D eigenvalue weighted by atomic mass is 10.1. The van der Waals surface area contributed by atoms with Crippen LogP contribution in [0.4, 0.5) is 5.13 Å². The molecule has 6 nitrogen and oxygen atoms in total. The van der Waals surface area contributed by atoms with Crippen LogP contribution in [0.5, 0.6) is 5.75 Å². The van der Waals surface area contributed by atoms with Crippen molar-refractivity contribution in [2.24, 2.45) is 0 Å². The lowest BCUT2D eigenvalue weighted by Gasteiger charge is -2.03. The first kappa shape index (κ1) is 19.0. The molecule has 28 heavy (non-hydrogen) atoms. The maximum Gasteiger partial charge on any atom is 0.206 e. The van der Waals surface area contributed by atoms with Crippen molar-refractivity contribution in [3.8, 4) is 17.0 Å².